The van der Waals surface area contributed by atoms with Crippen LogP contribution in [0.5, 0.6) is 0 Å². The Morgan fingerprint density at radius 3 is 2.63 bits per heavy atom. The average molecular weight is 369 g/mol. The fourth-order valence-electron chi connectivity index (χ4n) is 4.14. The van der Waals surface area contributed by atoms with Crippen LogP contribution in [0, 0.1) is 6.92 Å². The Morgan fingerprint density at radius 1 is 1.22 bits per heavy atom. The van der Waals surface area contributed by atoms with E-state index < -0.39 is 0 Å². The van der Waals surface area contributed by atoms with E-state index in [0.29, 0.717) is 24.9 Å². The largest absolute Gasteiger partial charge is 0.449 e. The third-order valence-electron chi connectivity index (χ3n) is 5.72. The summed E-state index contributed by atoms with van der Waals surface area (Å²) in [4.78, 5) is 21.1. The van der Waals surface area contributed by atoms with Gasteiger partial charge in [-0.05, 0) is 11.5 Å². The number of hydrogen-bond donors (Lipinski definition) is 0. The van der Waals surface area contributed by atoms with Crippen LogP contribution in [0.25, 0.3) is 0 Å². The van der Waals surface area contributed by atoms with Crippen LogP contribution in [0.2, 0.25) is 0 Å². The average Bonchev–Trinajstić information content (AvgIpc) is 3.21. The predicted octanol–water partition coefficient (Wildman–Crippen LogP) is 3.57. The molecule has 1 aromatic heterocycles. The summed E-state index contributed by atoms with van der Waals surface area (Å²) in [5.74, 6) is 0.996. The summed E-state index contributed by atoms with van der Waals surface area (Å²) in [7, 11) is 0. The molecule has 2 saturated heterocycles. The molecule has 0 aliphatic carbocycles. The van der Waals surface area contributed by atoms with Gasteiger partial charge in [-0.2, -0.15) is 0 Å². The van der Waals surface area contributed by atoms with Crippen molar-refractivity contribution in [2.24, 2.45) is 0 Å². The number of nitrogens with zero attached hydrogens (tertiary/aromatic N) is 3. The minimum absolute atomic E-state index is 0.168. The SMILES string of the molecule is Cc1nc(CN2CCC3(CC2)CN(C[C@H](C)c2ccccc2)C(=O)O3)co1. The zero-order valence-corrected chi connectivity index (χ0v) is 16.1. The first kappa shape index (κ1) is 18.0. The molecule has 6 nitrogen and oxygen atoms in total. The van der Waals surface area contributed by atoms with Crippen LogP contribution in [0.3, 0.4) is 0 Å². The van der Waals surface area contributed by atoms with E-state index in [0.717, 1.165) is 38.2 Å². The second-order valence-corrected chi connectivity index (χ2v) is 7.88. The number of benzene rings is 1. The molecule has 144 valence electrons. The number of hydrogen-bond acceptors (Lipinski definition) is 5. The standard InChI is InChI=1S/C21H27N3O3/c1-16(18-6-4-3-5-7-18)12-24-15-21(27-20(24)25)8-10-23(11-9-21)13-19-14-26-17(2)22-19/h3-7,14,16H,8-13,15H2,1-2H3/t16-/m0/s1. The van der Waals surface area contributed by atoms with Crippen molar-refractivity contribution >= 4 is 6.09 Å². The van der Waals surface area contributed by atoms with E-state index in [4.69, 9.17) is 9.15 Å². The Kier molecular flexibility index (Phi) is 4.91. The maximum atomic E-state index is 12.5. The highest BCUT2D eigenvalue weighted by Gasteiger charge is 2.47. The van der Waals surface area contributed by atoms with Gasteiger partial charge in [-0.3, -0.25) is 4.90 Å². The number of oxazole rings is 1. The number of amides is 1. The van der Waals surface area contributed by atoms with E-state index in [9.17, 15) is 4.79 Å². The molecule has 2 aliphatic rings. The van der Waals surface area contributed by atoms with Crippen LogP contribution in [0.4, 0.5) is 4.79 Å². The molecular weight excluding hydrogens is 342 g/mol. The molecule has 6 heteroatoms. The van der Waals surface area contributed by atoms with Crippen molar-refractivity contribution in [3.8, 4) is 0 Å². The summed E-state index contributed by atoms with van der Waals surface area (Å²) in [5, 5.41) is 0. The molecule has 2 fully saturated rings. The van der Waals surface area contributed by atoms with Gasteiger partial charge in [0.25, 0.3) is 0 Å². The Morgan fingerprint density at radius 2 is 1.96 bits per heavy atom. The smallest absolute Gasteiger partial charge is 0.410 e. The minimum atomic E-state index is -0.330. The van der Waals surface area contributed by atoms with Crippen LogP contribution < -0.4 is 0 Å². The Labute approximate surface area is 160 Å². The molecule has 0 bridgehead atoms. The van der Waals surface area contributed by atoms with Crippen molar-refractivity contribution in [1.29, 1.82) is 0 Å². The first-order chi connectivity index (χ1) is 13.0. The molecule has 3 heterocycles. The van der Waals surface area contributed by atoms with Gasteiger partial charge in [0.15, 0.2) is 5.89 Å². The minimum Gasteiger partial charge on any atom is -0.449 e. The van der Waals surface area contributed by atoms with E-state index in [-0.39, 0.29) is 11.7 Å². The van der Waals surface area contributed by atoms with Crippen molar-refractivity contribution < 1.29 is 13.9 Å². The summed E-state index contributed by atoms with van der Waals surface area (Å²) < 4.78 is 11.2. The Bertz CT molecular complexity index is 781. The number of aromatic nitrogens is 1. The topological polar surface area (TPSA) is 58.8 Å². The predicted molar refractivity (Wildman–Crippen MR) is 101 cm³/mol. The molecular formula is C21H27N3O3. The van der Waals surface area contributed by atoms with Gasteiger partial charge in [0.1, 0.15) is 11.9 Å². The molecule has 0 N–H and O–H groups in total. The van der Waals surface area contributed by atoms with Crippen LogP contribution in [-0.4, -0.2) is 52.7 Å². The molecule has 1 aromatic carbocycles. The summed E-state index contributed by atoms with van der Waals surface area (Å²) in [6.07, 6.45) is 3.29. The molecule has 0 saturated carbocycles. The van der Waals surface area contributed by atoms with Gasteiger partial charge < -0.3 is 14.1 Å². The summed E-state index contributed by atoms with van der Waals surface area (Å²) >= 11 is 0. The van der Waals surface area contributed by atoms with E-state index in [1.807, 2.05) is 30.0 Å². The fraction of sp³-hybridized carbons (Fsp3) is 0.524. The molecule has 0 unspecified atom stereocenters. The van der Waals surface area contributed by atoms with Crippen molar-refractivity contribution in [2.45, 2.75) is 44.8 Å². The van der Waals surface area contributed by atoms with E-state index in [1.165, 1.54) is 5.56 Å². The maximum absolute atomic E-state index is 12.5. The maximum Gasteiger partial charge on any atom is 0.410 e. The highest BCUT2D eigenvalue weighted by molar-refractivity contribution is 5.70. The Hall–Kier alpha value is -2.34. The van der Waals surface area contributed by atoms with Crippen LogP contribution in [0.1, 0.15) is 42.8 Å². The van der Waals surface area contributed by atoms with Gasteiger partial charge in [-0.25, -0.2) is 9.78 Å². The lowest BCUT2D eigenvalue weighted by molar-refractivity contribution is -0.00151. The second kappa shape index (κ2) is 7.35. The lowest BCUT2D eigenvalue weighted by atomic mass is 9.91. The number of rotatable bonds is 5. The van der Waals surface area contributed by atoms with E-state index >= 15 is 0 Å². The molecule has 1 atom stereocenters. The second-order valence-electron chi connectivity index (χ2n) is 7.88. The normalized spacial score (nSPS) is 20.8. The number of ether oxygens (including phenoxy) is 1. The first-order valence-electron chi connectivity index (χ1n) is 9.69. The van der Waals surface area contributed by atoms with Crippen LogP contribution in [-0.2, 0) is 11.3 Å². The molecule has 4 rings (SSSR count). The van der Waals surface area contributed by atoms with Gasteiger partial charge in [0, 0.05) is 45.9 Å². The van der Waals surface area contributed by atoms with Gasteiger partial charge in [0.2, 0.25) is 0 Å². The molecule has 2 aliphatic heterocycles. The van der Waals surface area contributed by atoms with Gasteiger partial charge >= 0.3 is 6.09 Å². The lowest BCUT2D eigenvalue weighted by Crippen LogP contribution is -2.46. The zero-order valence-electron chi connectivity index (χ0n) is 16.1. The first-order valence-corrected chi connectivity index (χ1v) is 9.69. The van der Waals surface area contributed by atoms with Gasteiger partial charge in [0.05, 0.1) is 12.2 Å². The van der Waals surface area contributed by atoms with Gasteiger partial charge in [-0.15, -0.1) is 0 Å². The van der Waals surface area contributed by atoms with Crippen molar-refractivity contribution in [3.63, 3.8) is 0 Å². The number of aryl methyl sites for hydroxylation is 1. The van der Waals surface area contributed by atoms with Crippen LogP contribution in [0.15, 0.2) is 41.0 Å². The fourth-order valence-corrected chi connectivity index (χ4v) is 4.14. The summed E-state index contributed by atoms with van der Waals surface area (Å²) in [6, 6.07) is 10.3. The quantitative estimate of drug-likeness (QED) is 0.806. The highest BCUT2D eigenvalue weighted by Crippen LogP contribution is 2.34. The van der Waals surface area contributed by atoms with E-state index in [2.05, 4.69) is 28.9 Å². The Balaban J connectivity index is 1.32. The van der Waals surface area contributed by atoms with Crippen LogP contribution >= 0.6 is 0 Å². The molecule has 1 spiro atoms. The van der Waals surface area contributed by atoms with E-state index in [1.54, 1.807) is 6.26 Å². The molecule has 1 amide bonds. The number of likely N-dealkylation sites (tertiary alicyclic amines) is 1. The van der Waals surface area contributed by atoms with Crippen molar-refractivity contribution in [1.82, 2.24) is 14.8 Å². The van der Waals surface area contributed by atoms with Crippen molar-refractivity contribution in [2.75, 3.05) is 26.2 Å². The molecule has 0 radical (unpaired) electrons. The highest BCUT2D eigenvalue weighted by atomic mass is 16.6. The van der Waals surface area contributed by atoms with Gasteiger partial charge in [-0.1, -0.05) is 37.3 Å². The monoisotopic (exact) mass is 369 g/mol. The lowest BCUT2D eigenvalue weighted by Gasteiger charge is -2.37. The molecule has 2 aromatic rings. The number of carbonyl (C=O) groups is 1. The number of piperidine rings is 1. The van der Waals surface area contributed by atoms with Crippen molar-refractivity contribution in [3.05, 3.63) is 53.7 Å². The zero-order chi connectivity index (χ0) is 18.9. The number of carbonyl (C=O) groups excluding carboxylic acids is 1. The summed E-state index contributed by atoms with van der Waals surface area (Å²) in [5.41, 5.74) is 1.89. The summed E-state index contributed by atoms with van der Waals surface area (Å²) in [6.45, 7) is 8.01. The molecule has 27 heavy (non-hydrogen) atoms. The third kappa shape index (κ3) is 4.00. The third-order valence-corrected chi connectivity index (χ3v) is 5.72.